The normalized spacial score (nSPS) is 10.4. The Morgan fingerprint density at radius 2 is 2.06 bits per heavy atom. The number of alkyl halides is 1. The average Bonchev–Trinajstić information content (AvgIpc) is 2.28. The standard InChI is InChI=1S/C10H7ClN2O4/c11-4-17-9(15)6-3-1-2-5-7(6)12-10(16)13-8(5)14/h1-3H,4H2,(H2,12,13,14,16). The van der Waals surface area contributed by atoms with Crippen molar-refractivity contribution in [2.45, 2.75) is 0 Å². The first kappa shape index (κ1) is 11.4. The van der Waals surface area contributed by atoms with Crippen molar-refractivity contribution in [2.24, 2.45) is 0 Å². The third kappa shape index (κ3) is 2.07. The highest BCUT2D eigenvalue weighted by Gasteiger charge is 2.13. The number of hydrogen-bond acceptors (Lipinski definition) is 4. The molecule has 0 atom stereocenters. The summed E-state index contributed by atoms with van der Waals surface area (Å²) < 4.78 is 4.61. The number of aromatic amines is 2. The number of para-hydroxylation sites is 1. The van der Waals surface area contributed by atoms with Crippen LogP contribution in [0.1, 0.15) is 10.4 Å². The zero-order valence-electron chi connectivity index (χ0n) is 8.45. The number of hydrogen-bond donors (Lipinski definition) is 2. The molecule has 0 fully saturated rings. The largest absolute Gasteiger partial charge is 0.446 e. The number of ether oxygens (including phenoxy) is 1. The van der Waals surface area contributed by atoms with Crippen LogP contribution in [0.3, 0.4) is 0 Å². The fourth-order valence-electron chi connectivity index (χ4n) is 1.49. The molecule has 2 rings (SSSR count). The van der Waals surface area contributed by atoms with Crippen LogP contribution in [0.2, 0.25) is 0 Å². The molecule has 2 aromatic rings. The van der Waals surface area contributed by atoms with Crippen LogP contribution in [-0.4, -0.2) is 22.0 Å². The van der Waals surface area contributed by atoms with Crippen LogP contribution >= 0.6 is 11.6 Å². The summed E-state index contributed by atoms with van der Waals surface area (Å²) in [7, 11) is 0. The molecule has 0 bridgehead atoms. The monoisotopic (exact) mass is 254 g/mol. The van der Waals surface area contributed by atoms with Crippen molar-refractivity contribution in [3.05, 3.63) is 44.6 Å². The van der Waals surface area contributed by atoms with E-state index in [1.807, 2.05) is 0 Å². The van der Waals surface area contributed by atoms with E-state index in [0.717, 1.165) is 0 Å². The Balaban J connectivity index is 2.77. The predicted molar refractivity (Wildman–Crippen MR) is 61.3 cm³/mol. The summed E-state index contributed by atoms with van der Waals surface area (Å²) in [6.07, 6.45) is 0. The minimum absolute atomic E-state index is 0.0892. The van der Waals surface area contributed by atoms with Crippen molar-refractivity contribution >= 4 is 28.5 Å². The Morgan fingerprint density at radius 3 is 2.76 bits per heavy atom. The van der Waals surface area contributed by atoms with Gasteiger partial charge >= 0.3 is 11.7 Å². The molecular weight excluding hydrogens is 248 g/mol. The van der Waals surface area contributed by atoms with Crippen molar-refractivity contribution < 1.29 is 9.53 Å². The first-order chi connectivity index (χ1) is 8.13. The molecule has 1 heterocycles. The smallest absolute Gasteiger partial charge is 0.341 e. The van der Waals surface area contributed by atoms with Gasteiger partial charge in [0, 0.05) is 0 Å². The lowest BCUT2D eigenvalue weighted by molar-refractivity contribution is 0.0576. The maximum absolute atomic E-state index is 11.5. The van der Waals surface area contributed by atoms with Crippen LogP contribution in [0.5, 0.6) is 0 Å². The van der Waals surface area contributed by atoms with E-state index >= 15 is 0 Å². The van der Waals surface area contributed by atoms with Gasteiger partial charge in [-0.25, -0.2) is 9.59 Å². The molecular formula is C10H7ClN2O4. The molecule has 0 saturated heterocycles. The Bertz CT molecular complexity index is 689. The van der Waals surface area contributed by atoms with Gasteiger partial charge in [-0.05, 0) is 12.1 Å². The molecule has 0 unspecified atom stereocenters. The summed E-state index contributed by atoms with van der Waals surface area (Å²) in [4.78, 5) is 38.6. The zero-order chi connectivity index (χ0) is 12.4. The van der Waals surface area contributed by atoms with Crippen LogP contribution < -0.4 is 11.2 Å². The van der Waals surface area contributed by atoms with E-state index in [2.05, 4.69) is 14.7 Å². The summed E-state index contributed by atoms with van der Waals surface area (Å²) in [5, 5.41) is 0.202. The zero-order valence-corrected chi connectivity index (χ0v) is 9.21. The fourth-order valence-corrected chi connectivity index (χ4v) is 1.59. The lowest BCUT2D eigenvalue weighted by Crippen LogP contribution is -2.23. The van der Waals surface area contributed by atoms with Crippen LogP contribution in [0.15, 0.2) is 27.8 Å². The maximum atomic E-state index is 11.5. The van der Waals surface area contributed by atoms with Gasteiger partial charge < -0.3 is 9.72 Å². The van der Waals surface area contributed by atoms with Gasteiger partial charge in [-0.15, -0.1) is 0 Å². The summed E-state index contributed by atoms with van der Waals surface area (Å²) in [6, 6.07) is 4.14. The minimum Gasteiger partial charge on any atom is -0.446 e. The Morgan fingerprint density at radius 1 is 1.29 bits per heavy atom. The number of rotatable bonds is 2. The number of H-pyrrole nitrogens is 2. The first-order valence-corrected chi connectivity index (χ1v) is 5.15. The number of nitrogens with one attached hydrogen (secondary N) is 2. The molecule has 0 radical (unpaired) electrons. The highest BCUT2D eigenvalue weighted by molar-refractivity contribution is 6.18. The molecule has 0 spiro atoms. The second-order valence-electron chi connectivity index (χ2n) is 3.18. The Hall–Kier alpha value is -2.08. The van der Waals surface area contributed by atoms with Crippen LogP contribution in [0, 0.1) is 0 Å². The number of esters is 1. The number of carbonyl (C=O) groups is 1. The molecule has 1 aromatic carbocycles. The second kappa shape index (κ2) is 4.42. The van der Waals surface area contributed by atoms with Crippen LogP contribution in [0.4, 0.5) is 0 Å². The quantitative estimate of drug-likeness (QED) is 0.605. The number of carbonyl (C=O) groups excluding carboxylic acids is 1. The highest BCUT2D eigenvalue weighted by Crippen LogP contribution is 2.12. The van der Waals surface area contributed by atoms with E-state index < -0.39 is 17.2 Å². The van der Waals surface area contributed by atoms with Gasteiger partial charge in [-0.2, -0.15) is 0 Å². The van der Waals surface area contributed by atoms with Gasteiger partial charge in [0.15, 0.2) is 6.07 Å². The third-order valence-electron chi connectivity index (χ3n) is 2.18. The lowest BCUT2D eigenvalue weighted by Gasteiger charge is -2.03. The number of fused-ring (bicyclic) bond motifs is 1. The van der Waals surface area contributed by atoms with Gasteiger partial charge in [0.2, 0.25) is 0 Å². The van der Waals surface area contributed by atoms with Crippen LogP contribution in [-0.2, 0) is 4.74 Å². The molecule has 0 aliphatic rings. The lowest BCUT2D eigenvalue weighted by atomic mass is 10.1. The first-order valence-electron chi connectivity index (χ1n) is 4.62. The molecule has 17 heavy (non-hydrogen) atoms. The molecule has 0 amide bonds. The van der Waals surface area contributed by atoms with Crippen molar-refractivity contribution in [1.29, 1.82) is 0 Å². The Kier molecular flexibility index (Phi) is 2.97. The summed E-state index contributed by atoms with van der Waals surface area (Å²) in [5.74, 6) is -0.702. The summed E-state index contributed by atoms with van der Waals surface area (Å²) in [5.41, 5.74) is -1.03. The van der Waals surface area contributed by atoms with E-state index in [1.165, 1.54) is 18.2 Å². The molecule has 0 saturated carbocycles. The van der Waals surface area contributed by atoms with E-state index in [1.54, 1.807) is 0 Å². The van der Waals surface area contributed by atoms with Gasteiger partial charge in [-0.1, -0.05) is 17.7 Å². The average molecular weight is 255 g/mol. The number of benzene rings is 1. The topological polar surface area (TPSA) is 92.0 Å². The molecule has 88 valence electrons. The van der Waals surface area contributed by atoms with Gasteiger partial charge in [0.1, 0.15) is 0 Å². The van der Waals surface area contributed by atoms with Gasteiger partial charge in [0.25, 0.3) is 5.56 Å². The maximum Gasteiger partial charge on any atom is 0.341 e. The number of aromatic nitrogens is 2. The molecule has 6 nitrogen and oxygen atoms in total. The SMILES string of the molecule is O=C(OCCl)c1cccc2c(=O)[nH]c(=O)[nH]c12. The van der Waals surface area contributed by atoms with Crippen molar-refractivity contribution in [2.75, 3.05) is 6.07 Å². The molecule has 1 aromatic heterocycles. The minimum atomic E-state index is -0.702. The van der Waals surface area contributed by atoms with Crippen molar-refractivity contribution in [1.82, 2.24) is 9.97 Å². The second-order valence-corrected chi connectivity index (χ2v) is 3.40. The molecule has 0 aliphatic heterocycles. The molecule has 2 N–H and O–H groups in total. The van der Waals surface area contributed by atoms with E-state index in [-0.39, 0.29) is 22.5 Å². The predicted octanol–water partition coefficient (Wildman–Crippen LogP) is 0.569. The van der Waals surface area contributed by atoms with Gasteiger partial charge in [0.05, 0.1) is 16.5 Å². The van der Waals surface area contributed by atoms with E-state index in [0.29, 0.717) is 0 Å². The van der Waals surface area contributed by atoms with Crippen LogP contribution in [0.25, 0.3) is 10.9 Å². The fraction of sp³-hybridized carbons (Fsp3) is 0.100. The summed E-state index contributed by atoms with van der Waals surface area (Å²) >= 11 is 5.28. The van der Waals surface area contributed by atoms with Crippen molar-refractivity contribution in [3.8, 4) is 0 Å². The summed E-state index contributed by atoms with van der Waals surface area (Å²) in [6.45, 7) is 0. The third-order valence-corrected chi connectivity index (χ3v) is 2.29. The molecule has 7 heteroatoms. The number of halogens is 1. The van der Waals surface area contributed by atoms with E-state index in [4.69, 9.17) is 11.6 Å². The Labute approximate surface area is 99.2 Å². The molecule has 0 aliphatic carbocycles. The van der Waals surface area contributed by atoms with Crippen molar-refractivity contribution in [3.63, 3.8) is 0 Å². The van der Waals surface area contributed by atoms with Gasteiger partial charge in [-0.3, -0.25) is 9.78 Å². The highest BCUT2D eigenvalue weighted by atomic mass is 35.5. The van der Waals surface area contributed by atoms with E-state index in [9.17, 15) is 14.4 Å².